The van der Waals surface area contributed by atoms with Crippen LogP contribution in [0.5, 0.6) is 11.6 Å². The first kappa shape index (κ1) is 21.1. The van der Waals surface area contributed by atoms with E-state index in [4.69, 9.17) is 9.47 Å². The SMILES string of the molecule is O=C1CCc2c(F)cc(N3CC[C@@H](Oc4ccc(OCCc5ccccc5)nc4)C3=O)cc21. The third-order valence-electron chi connectivity index (χ3n) is 6.02. The van der Waals surface area contributed by atoms with Gasteiger partial charge < -0.3 is 14.4 Å². The molecule has 0 unspecified atom stereocenters. The summed E-state index contributed by atoms with van der Waals surface area (Å²) >= 11 is 0. The van der Waals surface area contributed by atoms with E-state index >= 15 is 0 Å². The van der Waals surface area contributed by atoms with E-state index in [0.29, 0.717) is 60.9 Å². The van der Waals surface area contributed by atoms with Crippen molar-refractivity contribution in [3.63, 3.8) is 0 Å². The van der Waals surface area contributed by atoms with E-state index in [9.17, 15) is 14.0 Å². The Balaban J connectivity index is 1.19. The number of ether oxygens (including phenoxy) is 2. The van der Waals surface area contributed by atoms with Crippen molar-refractivity contribution in [2.45, 2.75) is 31.8 Å². The molecule has 1 fully saturated rings. The van der Waals surface area contributed by atoms with E-state index in [1.165, 1.54) is 22.7 Å². The number of benzene rings is 2. The Morgan fingerprint density at radius 1 is 1.06 bits per heavy atom. The minimum absolute atomic E-state index is 0.0812. The lowest BCUT2D eigenvalue weighted by Crippen LogP contribution is -2.32. The molecule has 2 heterocycles. The summed E-state index contributed by atoms with van der Waals surface area (Å²) in [5, 5.41) is 0. The third kappa shape index (κ3) is 4.44. The second-order valence-electron chi connectivity index (χ2n) is 8.18. The Labute approximate surface area is 191 Å². The van der Waals surface area contributed by atoms with Crippen molar-refractivity contribution in [2.24, 2.45) is 0 Å². The van der Waals surface area contributed by atoms with Gasteiger partial charge in [-0.15, -0.1) is 0 Å². The van der Waals surface area contributed by atoms with Gasteiger partial charge in [0.2, 0.25) is 5.88 Å². The summed E-state index contributed by atoms with van der Waals surface area (Å²) in [6.07, 6.45) is 2.81. The van der Waals surface area contributed by atoms with Gasteiger partial charge in [-0.25, -0.2) is 9.37 Å². The van der Waals surface area contributed by atoms with Crippen LogP contribution in [-0.2, 0) is 17.6 Å². The molecule has 33 heavy (non-hydrogen) atoms. The molecule has 0 radical (unpaired) electrons. The first-order valence-electron chi connectivity index (χ1n) is 11.0. The number of pyridine rings is 1. The Morgan fingerprint density at radius 2 is 1.91 bits per heavy atom. The summed E-state index contributed by atoms with van der Waals surface area (Å²) in [7, 11) is 0. The first-order chi connectivity index (χ1) is 16.1. The van der Waals surface area contributed by atoms with Crippen LogP contribution in [0.3, 0.4) is 0 Å². The van der Waals surface area contributed by atoms with E-state index in [-0.39, 0.29) is 11.7 Å². The lowest BCUT2D eigenvalue weighted by molar-refractivity contribution is -0.122. The summed E-state index contributed by atoms with van der Waals surface area (Å²) in [4.78, 5) is 30.7. The number of carbonyl (C=O) groups excluding carboxylic acids is 2. The Bertz CT molecular complexity index is 1180. The molecular weight excluding hydrogens is 423 g/mol. The minimum Gasteiger partial charge on any atom is -0.479 e. The van der Waals surface area contributed by atoms with Gasteiger partial charge in [-0.1, -0.05) is 30.3 Å². The fourth-order valence-corrected chi connectivity index (χ4v) is 4.28. The number of hydrogen-bond donors (Lipinski definition) is 0. The molecule has 3 aromatic rings. The zero-order valence-electron chi connectivity index (χ0n) is 18.0. The summed E-state index contributed by atoms with van der Waals surface area (Å²) in [5.74, 6) is 0.166. The van der Waals surface area contributed by atoms with Crippen LogP contribution in [0.15, 0.2) is 60.8 Å². The predicted molar refractivity (Wildman–Crippen MR) is 120 cm³/mol. The molecule has 1 amide bonds. The highest BCUT2D eigenvalue weighted by atomic mass is 19.1. The number of aromatic nitrogens is 1. The van der Waals surface area contributed by atoms with Gasteiger partial charge in [-0.2, -0.15) is 0 Å². The van der Waals surface area contributed by atoms with Crippen LogP contribution in [-0.4, -0.2) is 35.9 Å². The molecule has 1 saturated heterocycles. The fraction of sp³-hybridized carbons (Fsp3) is 0.269. The Morgan fingerprint density at radius 3 is 2.70 bits per heavy atom. The summed E-state index contributed by atoms with van der Waals surface area (Å²) in [5.41, 5.74) is 2.42. The van der Waals surface area contributed by atoms with E-state index < -0.39 is 11.9 Å². The van der Waals surface area contributed by atoms with E-state index in [2.05, 4.69) is 4.98 Å². The molecule has 6 nitrogen and oxygen atoms in total. The van der Waals surface area contributed by atoms with Crippen LogP contribution in [0, 0.1) is 5.82 Å². The average Bonchev–Trinajstić information content (AvgIpc) is 3.38. The highest BCUT2D eigenvalue weighted by Crippen LogP contribution is 2.32. The molecule has 0 spiro atoms. The van der Waals surface area contributed by atoms with E-state index in [1.807, 2.05) is 30.3 Å². The molecule has 5 rings (SSSR count). The fourth-order valence-electron chi connectivity index (χ4n) is 4.28. The van der Waals surface area contributed by atoms with Crippen molar-refractivity contribution in [1.29, 1.82) is 0 Å². The predicted octanol–water partition coefficient (Wildman–Crippen LogP) is 4.16. The molecule has 1 aliphatic carbocycles. The zero-order chi connectivity index (χ0) is 22.8. The van der Waals surface area contributed by atoms with Crippen molar-refractivity contribution >= 4 is 17.4 Å². The van der Waals surface area contributed by atoms with Crippen LogP contribution >= 0.6 is 0 Å². The largest absolute Gasteiger partial charge is 0.479 e. The second kappa shape index (κ2) is 9.02. The maximum absolute atomic E-state index is 14.4. The van der Waals surface area contributed by atoms with Crippen molar-refractivity contribution in [3.8, 4) is 11.6 Å². The Hall–Kier alpha value is -3.74. The van der Waals surface area contributed by atoms with Crippen LogP contribution in [0.2, 0.25) is 0 Å². The smallest absolute Gasteiger partial charge is 0.268 e. The summed E-state index contributed by atoms with van der Waals surface area (Å²) in [6, 6.07) is 16.4. The van der Waals surface area contributed by atoms with Crippen molar-refractivity contribution in [3.05, 3.63) is 83.3 Å². The first-order valence-corrected chi connectivity index (χ1v) is 11.0. The van der Waals surface area contributed by atoms with Gasteiger partial charge in [0.05, 0.1) is 12.8 Å². The van der Waals surface area contributed by atoms with Gasteiger partial charge >= 0.3 is 0 Å². The van der Waals surface area contributed by atoms with Crippen molar-refractivity contribution < 1.29 is 23.5 Å². The summed E-state index contributed by atoms with van der Waals surface area (Å²) < 4.78 is 26.0. The highest BCUT2D eigenvalue weighted by Gasteiger charge is 2.36. The number of ketones is 1. The zero-order valence-corrected chi connectivity index (χ0v) is 18.0. The van der Waals surface area contributed by atoms with Crippen LogP contribution in [0.1, 0.15) is 34.3 Å². The minimum atomic E-state index is -0.691. The molecule has 2 aliphatic rings. The third-order valence-corrected chi connectivity index (χ3v) is 6.02. The van der Waals surface area contributed by atoms with Crippen LogP contribution in [0.4, 0.5) is 10.1 Å². The number of halogens is 1. The van der Waals surface area contributed by atoms with Gasteiger partial charge in [0.25, 0.3) is 5.91 Å². The standard InChI is InChI=1S/C26H23FN2O4/c27-22-15-18(14-21-20(22)7-8-23(21)30)29-12-10-24(26(29)31)33-19-6-9-25(28-16-19)32-13-11-17-4-2-1-3-5-17/h1-6,9,14-16,24H,7-8,10-13H2/t24-/m1/s1. The van der Waals surface area contributed by atoms with Gasteiger partial charge in [0.15, 0.2) is 11.9 Å². The molecule has 1 aromatic heterocycles. The number of nitrogens with zero attached hydrogens (tertiary/aromatic N) is 2. The topological polar surface area (TPSA) is 68.7 Å². The number of rotatable bonds is 7. The number of carbonyl (C=O) groups is 2. The molecule has 0 saturated carbocycles. The molecule has 0 N–H and O–H groups in total. The molecule has 1 atom stereocenters. The molecule has 1 aliphatic heterocycles. The molecular formula is C26H23FN2O4. The van der Waals surface area contributed by atoms with Gasteiger partial charge in [0, 0.05) is 43.1 Å². The number of amides is 1. The normalized spacial score (nSPS) is 17.4. The lowest BCUT2D eigenvalue weighted by atomic mass is 10.1. The molecule has 0 bridgehead atoms. The maximum atomic E-state index is 14.4. The molecule has 7 heteroatoms. The number of Topliss-reactive ketones (excluding diaryl/α,β-unsaturated/α-hetero) is 1. The highest BCUT2D eigenvalue weighted by molar-refractivity contribution is 6.04. The van der Waals surface area contributed by atoms with Gasteiger partial charge in [-0.05, 0) is 35.7 Å². The van der Waals surface area contributed by atoms with Crippen molar-refractivity contribution in [2.75, 3.05) is 18.1 Å². The van der Waals surface area contributed by atoms with Gasteiger partial charge in [0.1, 0.15) is 11.6 Å². The quantitative estimate of drug-likeness (QED) is 0.545. The number of fused-ring (bicyclic) bond motifs is 1. The maximum Gasteiger partial charge on any atom is 0.268 e. The second-order valence-corrected chi connectivity index (χ2v) is 8.18. The molecule has 168 valence electrons. The van der Waals surface area contributed by atoms with E-state index in [1.54, 1.807) is 18.2 Å². The lowest BCUT2D eigenvalue weighted by Gasteiger charge is -2.18. The van der Waals surface area contributed by atoms with Crippen molar-refractivity contribution in [1.82, 2.24) is 4.98 Å². The average molecular weight is 446 g/mol. The van der Waals surface area contributed by atoms with Crippen LogP contribution < -0.4 is 14.4 Å². The molecule has 2 aromatic carbocycles. The van der Waals surface area contributed by atoms with E-state index in [0.717, 1.165) is 6.42 Å². The monoisotopic (exact) mass is 446 g/mol. The van der Waals surface area contributed by atoms with Crippen LogP contribution in [0.25, 0.3) is 0 Å². The number of anilines is 1. The number of hydrogen-bond acceptors (Lipinski definition) is 5. The van der Waals surface area contributed by atoms with Gasteiger partial charge in [-0.3, -0.25) is 9.59 Å². The summed E-state index contributed by atoms with van der Waals surface area (Å²) in [6.45, 7) is 0.900. The Kier molecular flexibility index (Phi) is 5.77.